The van der Waals surface area contributed by atoms with Crippen molar-refractivity contribution in [2.45, 2.75) is 89.6 Å². The maximum absolute atomic E-state index is 12.3. The van der Waals surface area contributed by atoms with Gasteiger partial charge >= 0.3 is 5.97 Å². The van der Waals surface area contributed by atoms with E-state index in [1.807, 2.05) is 57.2 Å². The van der Waals surface area contributed by atoms with Gasteiger partial charge in [0.25, 0.3) is 0 Å². The van der Waals surface area contributed by atoms with Crippen LogP contribution in [-0.2, 0) is 25.4 Å². The van der Waals surface area contributed by atoms with Gasteiger partial charge in [-0.3, -0.25) is 4.79 Å². The zero-order valence-corrected chi connectivity index (χ0v) is 27.7. The molecule has 0 aliphatic heterocycles. The summed E-state index contributed by atoms with van der Waals surface area (Å²) in [5.41, 5.74) is 22.6. The fourth-order valence-corrected chi connectivity index (χ4v) is 6.01. The van der Waals surface area contributed by atoms with Crippen LogP contribution in [0, 0.1) is 5.92 Å². The highest BCUT2D eigenvalue weighted by molar-refractivity contribution is 14.1. The van der Waals surface area contributed by atoms with Crippen LogP contribution in [0.4, 0.5) is 5.69 Å². The Hall–Kier alpha value is -2.62. The van der Waals surface area contributed by atoms with Crippen LogP contribution in [0.1, 0.15) is 94.4 Å². The number of nitrogens with two attached hydrogens (primary N) is 3. The summed E-state index contributed by atoms with van der Waals surface area (Å²) in [6, 6.07) is 24.5. The summed E-state index contributed by atoms with van der Waals surface area (Å²) in [7, 11) is 0. The molecular weight excluding hydrogens is 637 g/mol. The van der Waals surface area contributed by atoms with Gasteiger partial charge in [0, 0.05) is 11.3 Å². The minimum absolute atomic E-state index is 0.284. The third-order valence-corrected chi connectivity index (χ3v) is 8.97. The van der Waals surface area contributed by atoms with Gasteiger partial charge in [0.05, 0.1) is 17.7 Å². The molecule has 6 N–H and O–H groups in total. The highest BCUT2D eigenvalue weighted by Crippen LogP contribution is 2.32. The molecule has 0 aliphatic rings. The summed E-state index contributed by atoms with van der Waals surface area (Å²) < 4.78 is 11.1. The Morgan fingerprint density at radius 3 is 2.31 bits per heavy atom. The van der Waals surface area contributed by atoms with Gasteiger partial charge in [-0.2, -0.15) is 0 Å². The van der Waals surface area contributed by atoms with Gasteiger partial charge in [-0.1, -0.05) is 87.4 Å². The summed E-state index contributed by atoms with van der Waals surface area (Å²) in [6.07, 6.45) is 6.79. The largest absolute Gasteiger partial charge is 0.494 e. The van der Waals surface area contributed by atoms with E-state index in [9.17, 15) is 4.79 Å². The minimum Gasteiger partial charge on any atom is -0.494 e. The zero-order valence-electron chi connectivity index (χ0n) is 25.6. The molecule has 0 amide bonds. The van der Waals surface area contributed by atoms with Crippen LogP contribution >= 0.6 is 23.0 Å². The average molecular weight is 686 g/mol. The normalized spacial score (nSPS) is 13.4. The van der Waals surface area contributed by atoms with Crippen molar-refractivity contribution in [2.24, 2.45) is 17.4 Å². The molecule has 0 radical (unpaired) electrons. The molecule has 0 heterocycles. The molecule has 0 saturated heterocycles. The summed E-state index contributed by atoms with van der Waals surface area (Å²) in [5.74, 6) is 1.44. The van der Waals surface area contributed by atoms with E-state index in [0.717, 1.165) is 61.0 Å². The fraction of sp³-hybridized carbons (Fsp3) is 0.457. The maximum atomic E-state index is 12.3. The molecule has 2 atom stereocenters. The topological polar surface area (TPSA) is 114 Å². The number of hydrogen-bond donors (Lipinski definition) is 3. The van der Waals surface area contributed by atoms with Gasteiger partial charge < -0.3 is 25.0 Å². The number of hydrogen-bond acceptors (Lipinski definition) is 6. The Labute approximate surface area is 266 Å². The lowest BCUT2D eigenvalue weighted by atomic mass is 9.85. The predicted octanol–water partition coefficient (Wildman–Crippen LogP) is 7.91. The predicted molar refractivity (Wildman–Crippen MR) is 181 cm³/mol. The summed E-state index contributed by atoms with van der Waals surface area (Å²) in [5, 5.41) is 0. The molecule has 0 aliphatic carbocycles. The van der Waals surface area contributed by atoms with E-state index in [0.29, 0.717) is 30.6 Å². The van der Waals surface area contributed by atoms with E-state index in [4.69, 9.17) is 25.0 Å². The molecule has 0 fully saturated rings. The smallest absolute Gasteiger partial charge is 0.325 e. The first-order chi connectivity index (χ1) is 20.0. The summed E-state index contributed by atoms with van der Waals surface area (Å²) in [6.45, 7) is 8.60. The Kier molecular flexibility index (Phi) is 12.7. The van der Waals surface area contributed by atoms with Crippen LogP contribution < -0.4 is 21.9 Å². The molecule has 0 aromatic heterocycles. The van der Waals surface area contributed by atoms with Crippen molar-refractivity contribution >= 4 is 34.7 Å². The van der Waals surface area contributed by atoms with Crippen molar-refractivity contribution < 1.29 is 12.6 Å². The Morgan fingerprint density at radius 1 is 0.929 bits per heavy atom. The van der Waals surface area contributed by atoms with E-state index in [-0.39, 0.29) is 5.97 Å². The Bertz CT molecular complexity index is 1280. The number of carbonyl (C=O) groups excluding carboxylic acids is 1. The molecule has 228 valence electrons. The fourth-order valence-electron chi connectivity index (χ4n) is 5.46. The Morgan fingerprint density at radius 2 is 1.62 bits per heavy atom. The van der Waals surface area contributed by atoms with Gasteiger partial charge in [-0.25, -0.2) is 0 Å². The van der Waals surface area contributed by atoms with Crippen molar-refractivity contribution in [1.82, 2.24) is 0 Å². The molecule has 6 nitrogen and oxygen atoms in total. The molecule has 0 spiro atoms. The van der Waals surface area contributed by atoms with Crippen LogP contribution in [0.2, 0.25) is 0 Å². The van der Waals surface area contributed by atoms with Crippen LogP contribution in [-0.4, -0.2) is 12.6 Å². The first-order valence-corrected chi connectivity index (χ1v) is 15.9. The van der Waals surface area contributed by atoms with Gasteiger partial charge in [-0.05, 0) is 86.6 Å². The number of carbonyl (C=O) groups is 1. The lowest BCUT2D eigenvalue weighted by Gasteiger charge is -2.27. The monoisotopic (exact) mass is 685 g/mol. The van der Waals surface area contributed by atoms with E-state index in [1.54, 1.807) is 23.0 Å². The zero-order chi connectivity index (χ0) is 30.8. The number of benzene rings is 3. The van der Waals surface area contributed by atoms with Crippen molar-refractivity contribution in [3.8, 4) is 5.75 Å². The minimum atomic E-state index is -0.939. The molecule has 7 heteroatoms. The molecule has 3 aromatic rings. The van der Waals surface area contributed by atoms with Crippen molar-refractivity contribution in [1.29, 1.82) is 0 Å². The van der Waals surface area contributed by atoms with Gasteiger partial charge in [0.1, 0.15) is 5.75 Å². The molecule has 1 unspecified atom stereocenters. The number of halogens is 1. The summed E-state index contributed by atoms with van der Waals surface area (Å²) in [4.78, 5) is 12.3. The van der Waals surface area contributed by atoms with E-state index in [2.05, 4.69) is 43.3 Å². The van der Waals surface area contributed by atoms with Gasteiger partial charge in [0.2, 0.25) is 0 Å². The molecule has 3 rings (SSSR count). The third kappa shape index (κ3) is 9.19. The van der Waals surface area contributed by atoms with Gasteiger partial charge in [0.15, 0.2) is 23.0 Å². The average Bonchev–Trinajstić information content (AvgIpc) is 3.00. The highest BCUT2D eigenvalue weighted by atomic mass is 127. The molecular formula is C35H48IN3O3. The Balaban J connectivity index is 1.66. The second kappa shape index (κ2) is 15.7. The number of ether oxygens (including phenoxy) is 1. The second-order valence-electron chi connectivity index (χ2n) is 12.1. The molecule has 42 heavy (non-hydrogen) atoms. The second-order valence-corrected chi connectivity index (χ2v) is 12.5. The van der Waals surface area contributed by atoms with Crippen LogP contribution in [0.15, 0.2) is 72.8 Å². The summed E-state index contributed by atoms with van der Waals surface area (Å²) >= 11 is 1.64. The van der Waals surface area contributed by atoms with E-state index >= 15 is 0 Å². The van der Waals surface area contributed by atoms with Crippen molar-refractivity contribution in [2.75, 3.05) is 12.3 Å². The standard InChI is InChI=1S/C35H48IN3O3/c1-5-35(38,39)31-21-10-18-28(32(31)37)23-26(14-9-13-25(2)27-16-7-6-8-17-27)15-12-22-41-30-20-11-19-29(24-30)34(3,4)33(40)42-36/h6-8,10-11,16-21,24-26H,5,9,12-15,22-23,37-39H2,1-4H3/t25-,26?/m0/s1. The maximum Gasteiger partial charge on any atom is 0.325 e. The molecule has 3 aromatic carbocycles. The van der Waals surface area contributed by atoms with E-state index < -0.39 is 11.1 Å². The third-order valence-electron chi connectivity index (χ3n) is 8.57. The highest BCUT2D eigenvalue weighted by Gasteiger charge is 2.31. The first kappa shape index (κ1) is 33.9. The quantitative estimate of drug-likeness (QED) is 0.0612. The number of nitrogen functional groups attached to an aromatic ring is 1. The lowest BCUT2D eigenvalue weighted by Crippen LogP contribution is -2.46. The number of para-hydroxylation sites is 1. The van der Waals surface area contributed by atoms with Crippen molar-refractivity contribution in [3.05, 3.63) is 95.1 Å². The van der Waals surface area contributed by atoms with Crippen molar-refractivity contribution in [3.63, 3.8) is 0 Å². The van der Waals surface area contributed by atoms with Crippen LogP contribution in [0.5, 0.6) is 5.75 Å². The molecule has 0 bridgehead atoms. The van der Waals surface area contributed by atoms with E-state index in [1.165, 1.54) is 5.56 Å². The lowest BCUT2D eigenvalue weighted by molar-refractivity contribution is -0.136. The molecule has 0 saturated carbocycles. The number of rotatable bonds is 16. The van der Waals surface area contributed by atoms with Crippen LogP contribution in [0.3, 0.4) is 0 Å². The number of anilines is 1. The van der Waals surface area contributed by atoms with Crippen LogP contribution in [0.25, 0.3) is 0 Å². The first-order valence-electron chi connectivity index (χ1n) is 15.1. The van der Waals surface area contributed by atoms with Gasteiger partial charge in [-0.15, -0.1) is 0 Å². The SMILES string of the molecule is CCC(N)(N)c1cccc(CC(CCCOc2cccc(C(C)(C)C(=O)OI)c2)CCC[C@H](C)c2ccccc2)c1N.